The Balaban J connectivity index is 2.33. The van der Waals surface area contributed by atoms with Crippen LogP contribution in [0.25, 0.3) is 0 Å². The molecule has 0 spiro atoms. The third kappa shape index (κ3) is 2.93. The predicted octanol–water partition coefficient (Wildman–Crippen LogP) is 1.96. The first kappa shape index (κ1) is 15.5. The minimum absolute atomic E-state index is 0.0989. The second-order valence-corrected chi connectivity index (χ2v) is 5.64. The van der Waals surface area contributed by atoms with Gasteiger partial charge >= 0.3 is 5.97 Å². The second-order valence-electron chi connectivity index (χ2n) is 5.64. The van der Waals surface area contributed by atoms with Crippen LogP contribution in [-0.2, 0) is 9.59 Å². The van der Waals surface area contributed by atoms with E-state index in [1.807, 2.05) is 19.9 Å². The van der Waals surface area contributed by atoms with E-state index in [9.17, 15) is 14.7 Å². The molecule has 2 rings (SSSR count). The van der Waals surface area contributed by atoms with Gasteiger partial charge in [0, 0.05) is 12.2 Å². The van der Waals surface area contributed by atoms with E-state index >= 15 is 0 Å². The Labute approximate surface area is 124 Å². The van der Waals surface area contributed by atoms with Crippen molar-refractivity contribution in [2.45, 2.75) is 38.6 Å². The van der Waals surface area contributed by atoms with Crippen molar-refractivity contribution in [2.24, 2.45) is 11.7 Å². The van der Waals surface area contributed by atoms with Crippen LogP contribution >= 0.6 is 0 Å². The zero-order chi connectivity index (χ0) is 15.6. The van der Waals surface area contributed by atoms with E-state index in [0.717, 1.165) is 6.42 Å². The van der Waals surface area contributed by atoms with Gasteiger partial charge in [-0.3, -0.25) is 9.59 Å². The van der Waals surface area contributed by atoms with Crippen LogP contribution in [0, 0.1) is 5.92 Å². The zero-order valence-electron chi connectivity index (χ0n) is 12.5. The Morgan fingerprint density at radius 1 is 1.43 bits per heavy atom. The molecule has 21 heavy (non-hydrogen) atoms. The number of anilines is 1. The van der Waals surface area contributed by atoms with Gasteiger partial charge in [0.1, 0.15) is 0 Å². The molecule has 0 aromatic heterocycles. The number of amides is 1. The molecule has 3 atom stereocenters. The number of benzene rings is 1. The van der Waals surface area contributed by atoms with Crippen LogP contribution in [0.3, 0.4) is 0 Å². The number of nitrogens with zero attached hydrogens (tertiary/aromatic N) is 1. The molecule has 5 heteroatoms. The van der Waals surface area contributed by atoms with Gasteiger partial charge < -0.3 is 15.7 Å². The van der Waals surface area contributed by atoms with Crippen LogP contribution in [-0.4, -0.2) is 29.6 Å². The molecule has 0 aliphatic carbocycles. The van der Waals surface area contributed by atoms with E-state index in [2.05, 4.69) is 0 Å². The number of fused-ring (bicyclic) bond motifs is 1. The third-order valence-corrected chi connectivity index (χ3v) is 4.35. The molecule has 0 saturated carbocycles. The molecular weight excluding hydrogens is 268 g/mol. The smallest absolute Gasteiger partial charge is 0.311 e. The van der Waals surface area contributed by atoms with Crippen LogP contribution in [0.5, 0.6) is 0 Å². The van der Waals surface area contributed by atoms with Crippen molar-refractivity contribution in [3.8, 4) is 0 Å². The molecule has 1 aliphatic heterocycles. The maximum absolute atomic E-state index is 12.6. The summed E-state index contributed by atoms with van der Waals surface area (Å²) < 4.78 is 0. The van der Waals surface area contributed by atoms with Crippen LogP contribution < -0.4 is 10.6 Å². The highest BCUT2D eigenvalue weighted by molar-refractivity contribution is 5.99. The van der Waals surface area contributed by atoms with Crippen molar-refractivity contribution in [1.29, 1.82) is 0 Å². The fourth-order valence-corrected chi connectivity index (χ4v) is 2.72. The average molecular weight is 290 g/mol. The van der Waals surface area contributed by atoms with Crippen molar-refractivity contribution < 1.29 is 14.7 Å². The Kier molecular flexibility index (Phi) is 4.63. The summed E-state index contributed by atoms with van der Waals surface area (Å²) in [7, 11) is 0. The Morgan fingerprint density at radius 3 is 2.71 bits per heavy atom. The second kappa shape index (κ2) is 6.26. The van der Waals surface area contributed by atoms with Crippen molar-refractivity contribution in [3.05, 3.63) is 29.8 Å². The Bertz CT molecular complexity index is 544. The van der Waals surface area contributed by atoms with E-state index in [0.29, 0.717) is 24.2 Å². The molecule has 1 heterocycles. The minimum Gasteiger partial charge on any atom is -0.481 e. The number of hydrogen-bond donors (Lipinski definition) is 2. The van der Waals surface area contributed by atoms with Gasteiger partial charge in [0.05, 0.1) is 12.0 Å². The highest BCUT2D eigenvalue weighted by Crippen LogP contribution is 2.35. The molecule has 1 aromatic rings. The maximum Gasteiger partial charge on any atom is 0.311 e. The molecule has 0 bridgehead atoms. The number of carboxylic acids is 1. The number of hydrogen-bond acceptors (Lipinski definition) is 3. The summed E-state index contributed by atoms with van der Waals surface area (Å²) in [5.74, 6) is -1.42. The molecule has 1 aromatic carbocycles. The fraction of sp³-hybridized carbons (Fsp3) is 0.500. The third-order valence-electron chi connectivity index (χ3n) is 4.35. The van der Waals surface area contributed by atoms with Gasteiger partial charge in [-0.05, 0) is 24.0 Å². The van der Waals surface area contributed by atoms with Crippen molar-refractivity contribution in [2.75, 3.05) is 11.4 Å². The first-order chi connectivity index (χ1) is 9.97. The number of para-hydroxylation sites is 1. The van der Waals surface area contributed by atoms with Crippen molar-refractivity contribution in [1.82, 2.24) is 0 Å². The van der Waals surface area contributed by atoms with Crippen molar-refractivity contribution in [3.63, 3.8) is 0 Å². The van der Waals surface area contributed by atoms with Gasteiger partial charge in [0.15, 0.2) is 0 Å². The molecule has 3 N–H and O–H groups in total. The first-order valence-electron chi connectivity index (χ1n) is 7.36. The van der Waals surface area contributed by atoms with E-state index in [1.165, 1.54) is 0 Å². The van der Waals surface area contributed by atoms with Crippen LogP contribution in [0.15, 0.2) is 24.3 Å². The van der Waals surface area contributed by atoms with Crippen LogP contribution in [0.4, 0.5) is 5.69 Å². The summed E-state index contributed by atoms with van der Waals surface area (Å²) in [6.45, 7) is 4.36. The van der Waals surface area contributed by atoms with E-state index in [-0.39, 0.29) is 11.8 Å². The number of aliphatic carboxylic acids is 1. The van der Waals surface area contributed by atoms with Crippen LogP contribution in [0.2, 0.25) is 0 Å². The summed E-state index contributed by atoms with van der Waals surface area (Å²) in [5.41, 5.74) is 7.42. The largest absolute Gasteiger partial charge is 0.481 e. The standard InChI is InChI=1S/C16H22N2O3/c1-3-10(2)14(17)15(19)18-9-8-12(16(20)21)11-6-4-5-7-13(11)18/h4-7,10,12,14H,3,8-9,17H2,1-2H3,(H,20,21). The molecule has 1 amide bonds. The topological polar surface area (TPSA) is 83.6 Å². The van der Waals surface area contributed by atoms with E-state index in [1.54, 1.807) is 23.1 Å². The monoisotopic (exact) mass is 290 g/mol. The molecule has 0 saturated heterocycles. The number of nitrogens with two attached hydrogens (primary N) is 1. The quantitative estimate of drug-likeness (QED) is 0.888. The lowest BCUT2D eigenvalue weighted by atomic mass is 9.89. The number of carbonyl (C=O) groups is 2. The van der Waals surface area contributed by atoms with Gasteiger partial charge in [0.2, 0.25) is 5.91 Å². The molecule has 5 nitrogen and oxygen atoms in total. The highest BCUT2D eigenvalue weighted by atomic mass is 16.4. The molecule has 1 aliphatic rings. The van der Waals surface area contributed by atoms with Gasteiger partial charge in [-0.25, -0.2) is 0 Å². The van der Waals surface area contributed by atoms with E-state index < -0.39 is 17.9 Å². The van der Waals surface area contributed by atoms with Gasteiger partial charge in [-0.15, -0.1) is 0 Å². The lowest BCUT2D eigenvalue weighted by molar-refractivity contribution is -0.139. The number of carboxylic acid groups (broad SMARTS) is 1. The lowest BCUT2D eigenvalue weighted by Crippen LogP contribution is -2.49. The van der Waals surface area contributed by atoms with Crippen molar-refractivity contribution >= 4 is 17.6 Å². The molecule has 0 fully saturated rings. The first-order valence-corrected chi connectivity index (χ1v) is 7.36. The normalized spacial score (nSPS) is 20.5. The minimum atomic E-state index is -0.847. The fourth-order valence-electron chi connectivity index (χ4n) is 2.72. The predicted molar refractivity (Wildman–Crippen MR) is 81.2 cm³/mol. The SMILES string of the molecule is CCC(C)C(N)C(=O)N1CCC(C(=O)O)c2ccccc21. The maximum atomic E-state index is 12.6. The van der Waals surface area contributed by atoms with Crippen LogP contribution in [0.1, 0.15) is 38.2 Å². The Hall–Kier alpha value is -1.88. The molecule has 114 valence electrons. The van der Waals surface area contributed by atoms with Gasteiger partial charge in [0.25, 0.3) is 0 Å². The average Bonchev–Trinajstić information content (AvgIpc) is 2.51. The Morgan fingerprint density at radius 2 is 2.10 bits per heavy atom. The molecule has 0 radical (unpaired) electrons. The number of rotatable bonds is 4. The summed E-state index contributed by atoms with van der Waals surface area (Å²) in [6.07, 6.45) is 1.26. The summed E-state index contributed by atoms with van der Waals surface area (Å²) in [5, 5.41) is 9.32. The molecule has 3 unspecified atom stereocenters. The highest BCUT2D eigenvalue weighted by Gasteiger charge is 2.34. The number of carbonyl (C=O) groups excluding carboxylic acids is 1. The van der Waals surface area contributed by atoms with Gasteiger partial charge in [-0.1, -0.05) is 38.5 Å². The van der Waals surface area contributed by atoms with Gasteiger partial charge in [-0.2, -0.15) is 0 Å². The summed E-state index contributed by atoms with van der Waals surface area (Å²) in [6, 6.07) is 6.65. The van der Waals surface area contributed by atoms with E-state index in [4.69, 9.17) is 5.73 Å². The molecular formula is C16H22N2O3. The lowest BCUT2D eigenvalue weighted by Gasteiger charge is -2.35. The summed E-state index contributed by atoms with van der Waals surface area (Å²) >= 11 is 0. The summed E-state index contributed by atoms with van der Waals surface area (Å²) in [4.78, 5) is 25.6. The zero-order valence-corrected chi connectivity index (χ0v) is 12.5.